The van der Waals surface area contributed by atoms with Crippen LogP contribution in [0.1, 0.15) is 16.1 Å². The number of carbonyl (C=O) groups is 1. The molecule has 1 amide bonds. The van der Waals surface area contributed by atoms with Crippen molar-refractivity contribution >= 4 is 12.1 Å². The van der Waals surface area contributed by atoms with Gasteiger partial charge in [-0.2, -0.15) is 13.9 Å². The van der Waals surface area contributed by atoms with Crippen molar-refractivity contribution in [3.63, 3.8) is 0 Å². The first-order valence-electron chi connectivity index (χ1n) is 6.10. The van der Waals surface area contributed by atoms with Crippen LogP contribution in [0.5, 0.6) is 11.5 Å². The van der Waals surface area contributed by atoms with E-state index >= 15 is 0 Å². The van der Waals surface area contributed by atoms with Crippen molar-refractivity contribution in [3.05, 3.63) is 47.9 Å². The Balaban J connectivity index is 2.05. The summed E-state index contributed by atoms with van der Waals surface area (Å²) in [4.78, 5) is 11.5. The van der Waals surface area contributed by atoms with Gasteiger partial charge in [-0.15, -0.1) is 0 Å². The van der Waals surface area contributed by atoms with Gasteiger partial charge in [0.05, 0.1) is 19.6 Å². The third kappa shape index (κ3) is 4.05. The summed E-state index contributed by atoms with van der Waals surface area (Å²) in [7, 11) is 1.34. The second-order valence-electron chi connectivity index (χ2n) is 3.97. The number of hydrogen-bond donors (Lipinski definition) is 1. The van der Waals surface area contributed by atoms with Crippen molar-refractivity contribution in [2.24, 2.45) is 5.10 Å². The van der Waals surface area contributed by atoms with E-state index in [1.54, 1.807) is 12.1 Å². The summed E-state index contributed by atoms with van der Waals surface area (Å²) in [5.74, 6) is -0.386. The van der Waals surface area contributed by atoms with Gasteiger partial charge in [0.2, 0.25) is 0 Å². The summed E-state index contributed by atoms with van der Waals surface area (Å²) in [5.41, 5.74) is 2.68. The second-order valence-corrected chi connectivity index (χ2v) is 3.97. The number of hydrazone groups is 1. The highest BCUT2D eigenvalue weighted by atomic mass is 19.3. The summed E-state index contributed by atoms with van der Waals surface area (Å²) in [5, 5.41) is 3.70. The Bertz CT molecular complexity index is 657. The van der Waals surface area contributed by atoms with Gasteiger partial charge in [0.15, 0.2) is 17.3 Å². The molecule has 8 heteroatoms. The Morgan fingerprint density at radius 1 is 1.36 bits per heavy atom. The van der Waals surface area contributed by atoms with E-state index in [1.807, 2.05) is 0 Å². The molecule has 1 aromatic carbocycles. The van der Waals surface area contributed by atoms with Crippen LogP contribution in [0.15, 0.2) is 46.1 Å². The maximum absolute atomic E-state index is 12.3. The summed E-state index contributed by atoms with van der Waals surface area (Å²) < 4.78 is 38.7. The zero-order valence-corrected chi connectivity index (χ0v) is 11.5. The van der Waals surface area contributed by atoms with Crippen molar-refractivity contribution < 1.29 is 27.5 Å². The molecule has 0 fully saturated rings. The summed E-state index contributed by atoms with van der Waals surface area (Å²) in [6.45, 7) is -2.97. The molecule has 0 aliphatic heterocycles. The molecule has 1 aromatic heterocycles. The largest absolute Gasteiger partial charge is 0.493 e. The van der Waals surface area contributed by atoms with Gasteiger partial charge in [0, 0.05) is 0 Å². The molecule has 0 aliphatic rings. The number of rotatable bonds is 6. The van der Waals surface area contributed by atoms with Crippen LogP contribution < -0.4 is 14.9 Å². The number of carbonyl (C=O) groups excluding carboxylic acids is 1. The van der Waals surface area contributed by atoms with Crippen LogP contribution in [0, 0.1) is 0 Å². The summed E-state index contributed by atoms with van der Waals surface area (Å²) in [6.07, 6.45) is 2.63. The Labute approximate surface area is 124 Å². The number of nitrogens with zero attached hydrogens (tertiary/aromatic N) is 1. The molecule has 1 N–H and O–H groups in total. The number of halogens is 2. The monoisotopic (exact) mass is 310 g/mol. The molecule has 116 valence electrons. The number of nitrogens with one attached hydrogen (secondary N) is 1. The van der Waals surface area contributed by atoms with Crippen molar-refractivity contribution in [2.75, 3.05) is 7.11 Å². The normalized spacial score (nSPS) is 10.9. The fraction of sp³-hybridized carbons (Fsp3) is 0.143. The Morgan fingerprint density at radius 3 is 2.82 bits per heavy atom. The predicted molar refractivity (Wildman–Crippen MR) is 73.4 cm³/mol. The van der Waals surface area contributed by atoms with Gasteiger partial charge in [-0.05, 0) is 35.9 Å². The fourth-order valence-corrected chi connectivity index (χ4v) is 1.59. The molecule has 0 radical (unpaired) electrons. The third-order valence-electron chi connectivity index (χ3n) is 2.53. The molecule has 0 bridgehead atoms. The SMILES string of the molecule is COc1ccc(/C=N\NC(=O)c2ccco2)cc1OC(F)F. The zero-order valence-electron chi connectivity index (χ0n) is 11.5. The molecular weight excluding hydrogens is 298 g/mol. The van der Waals surface area contributed by atoms with Gasteiger partial charge in [0.25, 0.3) is 0 Å². The number of amides is 1. The van der Waals surface area contributed by atoms with Crippen LogP contribution in [-0.4, -0.2) is 25.8 Å². The third-order valence-corrected chi connectivity index (χ3v) is 2.53. The lowest BCUT2D eigenvalue weighted by Gasteiger charge is -2.10. The minimum absolute atomic E-state index is 0.105. The van der Waals surface area contributed by atoms with Crippen molar-refractivity contribution in [2.45, 2.75) is 6.61 Å². The number of furan rings is 1. The summed E-state index contributed by atoms with van der Waals surface area (Å²) in [6, 6.07) is 7.38. The molecule has 22 heavy (non-hydrogen) atoms. The highest BCUT2D eigenvalue weighted by molar-refractivity contribution is 5.92. The van der Waals surface area contributed by atoms with E-state index in [1.165, 1.54) is 37.8 Å². The number of benzene rings is 1. The molecule has 0 spiro atoms. The minimum Gasteiger partial charge on any atom is -0.493 e. The molecule has 1 heterocycles. The Hall–Kier alpha value is -2.90. The molecular formula is C14H12F2N2O4. The first-order chi connectivity index (χ1) is 10.6. The van der Waals surface area contributed by atoms with Gasteiger partial charge in [-0.1, -0.05) is 0 Å². The molecule has 0 saturated heterocycles. The highest BCUT2D eigenvalue weighted by Gasteiger charge is 2.11. The van der Waals surface area contributed by atoms with Crippen LogP contribution in [0.3, 0.4) is 0 Å². The number of ether oxygens (including phenoxy) is 2. The van der Waals surface area contributed by atoms with E-state index in [0.717, 1.165) is 0 Å². The molecule has 2 aromatic rings. The van der Waals surface area contributed by atoms with Crippen molar-refractivity contribution in [3.8, 4) is 11.5 Å². The van der Waals surface area contributed by atoms with Gasteiger partial charge in [-0.25, -0.2) is 5.43 Å². The van der Waals surface area contributed by atoms with Gasteiger partial charge < -0.3 is 13.9 Å². The maximum atomic E-state index is 12.3. The predicted octanol–water partition coefficient (Wildman–Crippen LogP) is 2.65. The first kappa shape index (κ1) is 15.5. The lowest BCUT2D eigenvalue weighted by atomic mass is 10.2. The minimum atomic E-state index is -2.97. The number of methoxy groups -OCH3 is 1. The van der Waals surface area contributed by atoms with E-state index in [9.17, 15) is 13.6 Å². The van der Waals surface area contributed by atoms with E-state index < -0.39 is 12.5 Å². The molecule has 0 atom stereocenters. The van der Waals surface area contributed by atoms with Crippen molar-refractivity contribution in [1.29, 1.82) is 0 Å². The van der Waals surface area contributed by atoms with E-state index in [0.29, 0.717) is 5.56 Å². The average Bonchev–Trinajstić information content (AvgIpc) is 3.01. The molecule has 0 unspecified atom stereocenters. The van der Waals surface area contributed by atoms with Crippen LogP contribution >= 0.6 is 0 Å². The first-order valence-corrected chi connectivity index (χ1v) is 6.10. The van der Waals surface area contributed by atoms with Crippen LogP contribution in [0.25, 0.3) is 0 Å². The van der Waals surface area contributed by atoms with Crippen LogP contribution in [0.4, 0.5) is 8.78 Å². The highest BCUT2D eigenvalue weighted by Crippen LogP contribution is 2.28. The standard InChI is InChI=1S/C14H12F2N2O4/c1-20-10-5-4-9(7-12(10)22-14(15)16)8-17-18-13(19)11-3-2-6-21-11/h2-8,14H,1H3,(H,18,19)/b17-8-. The second kappa shape index (κ2) is 7.21. The van der Waals surface area contributed by atoms with E-state index in [-0.39, 0.29) is 17.3 Å². The zero-order chi connectivity index (χ0) is 15.9. The van der Waals surface area contributed by atoms with Gasteiger partial charge in [0.1, 0.15) is 0 Å². The fourth-order valence-electron chi connectivity index (χ4n) is 1.59. The lowest BCUT2D eigenvalue weighted by Crippen LogP contribution is -2.16. The quantitative estimate of drug-likeness (QED) is 0.657. The molecule has 2 rings (SSSR count). The number of alkyl halides is 2. The van der Waals surface area contributed by atoms with Crippen LogP contribution in [-0.2, 0) is 0 Å². The molecule has 6 nitrogen and oxygen atoms in total. The lowest BCUT2D eigenvalue weighted by molar-refractivity contribution is -0.0512. The van der Waals surface area contributed by atoms with Gasteiger partial charge >= 0.3 is 12.5 Å². The van der Waals surface area contributed by atoms with Gasteiger partial charge in [-0.3, -0.25) is 4.79 Å². The van der Waals surface area contributed by atoms with E-state index in [2.05, 4.69) is 15.3 Å². The Kier molecular flexibility index (Phi) is 5.07. The maximum Gasteiger partial charge on any atom is 0.387 e. The van der Waals surface area contributed by atoms with E-state index in [4.69, 9.17) is 9.15 Å². The molecule has 0 aliphatic carbocycles. The number of hydrogen-bond acceptors (Lipinski definition) is 5. The van der Waals surface area contributed by atoms with Crippen LogP contribution in [0.2, 0.25) is 0 Å². The molecule has 0 saturated carbocycles. The van der Waals surface area contributed by atoms with Crippen molar-refractivity contribution in [1.82, 2.24) is 5.43 Å². The average molecular weight is 310 g/mol. The Morgan fingerprint density at radius 2 is 2.18 bits per heavy atom. The topological polar surface area (TPSA) is 73.1 Å². The smallest absolute Gasteiger partial charge is 0.387 e. The summed E-state index contributed by atoms with van der Waals surface area (Å²) >= 11 is 0.